The number of nitriles is 1. The molecule has 0 aliphatic heterocycles. The monoisotopic (exact) mass is 290 g/mol. The summed E-state index contributed by atoms with van der Waals surface area (Å²) in [5, 5.41) is 13.6. The highest BCUT2D eigenvalue weighted by Crippen LogP contribution is 2.28. The first kappa shape index (κ1) is 13.7. The summed E-state index contributed by atoms with van der Waals surface area (Å²) in [6.07, 6.45) is 0. The van der Waals surface area contributed by atoms with Gasteiger partial charge in [-0.1, -0.05) is 41.4 Å². The van der Waals surface area contributed by atoms with Gasteiger partial charge in [0.2, 0.25) is 0 Å². The van der Waals surface area contributed by atoms with Crippen LogP contribution in [0.5, 0.6) is 0 Å². The van der Waals surface area contributed by atoms with Crippen LogP contribution in [0.3, 0.4) is 0 Å². The van der Waals surface area contributed by atoms with E-state index in [1.807, 2.05) is 31.2 Å². The van der Waals surface area contributed by atoms with E-state index in [0.29, 0.717) is 15.6 Å². The molecule has 0 fully saturated rings. The van der Waals surface area contributed by atoms with Crippen molar-refractivity contribution in [2.24, 2.45) is 0 Å². The van der Waals surface area contributed by atoms with E-state index in [4.69, 9.17) is 28.5 Å². The van der Waals surface area contributed by atoms with E-state index in [2.05, 4.69) is 11.4 Å². The zero-order valence-corrected chi connectivity index (χ0v) is 11.8. The largest absolute Gasteiger partial charge is 0.377 e. The Hall–Kier alpha value is -1.69. The highest BCUT2D eigenvalue weighted by molar-refractivity contribution is 6.31. The molecule has 1 unspecified atom stereocenters. The van der Waals surface area contributed by atoms with Gasteiger partial charge in [-0.25, -0.2) is 0 Å². The lowest BCUT2D eigenvalue weighted by atomic mass is 10.1. The maximum absolute atomic E-state index is 9.11. The summed E-state index contributed by atoms with van der Waals surface area (Å²) in [5.41, 5.74) is 2.26. The van der Waals surface area contributed by atoms with Crippen LogP contribution < -0.4 is 5.32 Å². The Kier molecular flexibility index (Phi) is 4.31. The van der Waals surface area contributed by atoms with E-state index >= 15 is 0 Å². The molecular weight excluding hydrogens is 279 g/mol. The summed E-state index contributed by atoms with van der Waals surface area (Å²) < 4.78 is 0. The van der Waals surface area contributed by atoms with Gasteiger partial charge in [-0.3, -0.25) is 0 Å². The van der Waals surface area contributed by atoms with Crippen LogP contribution in [0.4, 0.5) is 5.69 Å². The van der Waals surface area contributed by atoms with Crippen LogP contribution in [0.2, 0.25) is 10.0 Å². The standard InChI is InChI=1S/C15H12Cl2N2/c1-10(13-4-2-3-5-14(13)17)19-15-7-6-12(16)8-11(15)9-18/h2-8,10,19H,1H3. The number of nitrogens with zero attached hydrogens (tertiary/aromatic N) is 1. The second-order valence-electron chi connectivity index (χ2n) is 4.19. The second kappa shape index (κ2) is 5.97. The smallest absolute Gasteiger partial charge is 0.101 e. The Bertz CT molecular complexity index is 632. The van der Waals surface area contributed by atoms with Crippen molar-refractivity contribution < 1.29 is 0 Å². The van der Waals surface area contributed by atoms with E-state index in [1.165, 1.54) is 0 Å². The lowest BCUT2D eigenvalue weighted by Gasteiger charge is -2.18. The highest BCUT2D eigenvalue weighted by Gasteiger charge is 2.11. The predicted octanol–water partition coefficient (Wildman–Crippen LogP) is 5.04. The van der Waals surface area contributed by atoms with Crippen LogP contribution in [0.25, 0.3) is 0 Å². The van der Waals surface area contributed by atoms with Crippen LogP contribution in [0, 0.1) is 11.3 Å². The van der Waals surface area contributed by atoms with Gasteiger partial charge in [-0.2, -0.15) is 5.26 Å². The van der Waals surface area contributed by atoms with Crippen molar-refractivity contribution in [1.29, 1.82) is 5.26 Å². The summed E-state index contributed by atoms with van der Waals surface area (Å²) in [6, 6.07) is 15.0. The summed E-state index contributed by atoms with van der Waals surface area (Å²) in [5.74, 6) is 0. The van der Waals surface area contributed by atoms with Gasteiger partial charge in [0.1, 0.15) is 6.07 Å². The minimum Gasteiger partial charge on any atom is -0.377 e. The minimum atomic E-state index is 0.00183. The third-order valence-electron chi connectivity index (χ3n) is 2.85. The van der Waals surface area contributed by atoms with E-state index in [-0.39, 0.29) is 6.04 Å². The molecule has 0 saturated carbocycles. The van der Waals surface area contributed by atoms with Crippen molar-refractivity contribution >= 4 is 28.9 Å². The molecular formula is C15H12Cl2N2. The van der Waals surface area contributed by atoms with Gasteiger partial charge < -0.3 is 5.32 Å². The number of hydrogen-bond donors (Lipinski definition) is 1. The number of halogens is 2. The Morgan fingerprint density at radius 2 is 1.89 bits per heavy atom. The summed E-state index contributed by atoms with van der Waals surface area (Å²) >= 11 is 12.0. The highest BCUT2D eigenvalue weighted by atomic mass is 35.5. The zero-order chi connectivity index (χ0) is 13.8. The van der Waals surface area contributed by atoms with E-state index in [9.17, 15) is 0 Å². The van der Waals surface area contributed by atoms with Crippen LogP contribution in [0.15, 0.2) is 42.5 Å². The molecule has 19 heavy (non-hydrogen) atoms. The summed E-state index contributed by atoms with van der Waals surface area (Å²) in [6.45, 7) is 2.00. The van der Waals surface area contributed by atoms with Gasteiger partial charge in [0, 0.05) is 10.0 Å². The minimum absolute atomic E-state index is 0.00183. The molecule has 1 atom stereocenters. The lowest BCUT2D eigenvalue weighted by molar-refractivity contribution is 0.884. The van der Waals surface area contributed by atoms with Crippen molar-refractivity contribution in [2.75, 3.05) is 5.32 Å². The number of hydrogen-bond acceptors (Lipinski definition) is 2. The maximum atomic E-state index is 9.11. The third kappa shape index (κ3) is 3.20. The van der Waals surface area contributed by atoms with Gasteiger partial charge in [0.05, 0.1) is 17.3 Å². The molecule has 2 nitrogen and oxygen atoms in total. The Morgan fingerprint density at radius 1 is 1.16 bits per heavy atom. The Balaban J connectivity index is 2.27. The summed E-state index contributed by atoms with van der Waals surface area (Å²) in [7, 11) is 0. The first-order chi connectivity index (χ1) is 9.11. The molecule has 2 rings (SSSR count). The molecule has 0 spiro atoms. The number of rotatable bonds is 3. The molecule has 96 valence electrons. The quantitative estimate of drug-likeness (QED) is 0.860. The molecule has 0 aromatic heterocycles. The maximum Gasteiger partial charge on any atom is 0.101 e. The average Bonchev–Trinajstić information content (AvgIpc) is 2.41. The lowest BCUT2D eigenvalue weighted by Crippen LogP contribution is -2.08. The second-order valence-corrected chi connectivity index (χ2v) is 5.03. The van der Waals surface area contributed by atoms with Gasteiger partial charge in [0.15, 0.2) is 0 Å². The van der Waals surface area contributed by atoms with Gasteiger partial charge in [-0.05, 0) is 36.8 Å². The molecule has 1 N–H and O–H groups in total. The third-order valence-corrected chi connectivity index (χ3v) is 3.43. The number of nitrogens with one attached hydrogen (secondary N) is 1. The van der Waals surface area contributed by atoms with E-state index in [0.717, 1.165) is 11.3 Å². The predicted molar refractivity (Wildman–Crippen MR) is 79.7 cm³/mol. The normalized spacial score (nSPS) is 11.7. The van der Waals surface area contributed by atoms with Crippen LogP contribution in [-0.2, 0) is 0 Å². The first-order valence-corrected chi connectivity index (χ1v) is 6.58. The first-order valence-electron chi connectivity index (χ1n) is 5.82. The van der Waals surface area contributed by atoms with Crippen LogP contribution in [-0.4, -0.2) is 0 Å². The molecule has 0 aliphatic rings. The molecule has 2 aromatic rings. The Morgan fingerprint density at radius 3 is 2.58 bits per heavy atom. The van der Waals surface area contributed by atoms with Crippen LogP contribution in [0.1, 0.15) is 24.1 Å². The fraction of sp³-hybridized carbons (Fsp3) is 0.133. The molecule has 0 radical (unpaired) electrons. The fourth-order valence-corrected chi connectivity index (χ4v) is 2.34. The van der Waals surface area contributed by atoms with Crippen LogP contribution >= 0.6 is 23.2 Å². The average molecular weight is 291 g/mol. The fourth-order valence-electron chi connectivity index (χ4n) is 1.87. The number of anilines is 1. The zero-order valence-electron chi connectivity index (χ0n) is 10.3. The van der Waals surface area contributed by atoms with Crippen molar-refractivity contribution in [3.05, 3.63) is 63.6 Å². The van der Waals surface area contributed by atoms with Crippen molar-refractivity contribution in [3.63, 3.8) is 0 Å². The molecule has 0 aliphatic carbocycles. The Labute approximate surface area is 122 Å². The van der Waals surface area contributed by atoms with Crippen molar-refractivity contribution in [3.8, 4) is 6.07 Å². The van der Waals surface area contributed by atoms with Crippen molar-refractivity contribution in [1.82, 2.24) is 0 Å². The van der Waals surface area contributed by atoms with E-state index < -0.39 is 0 Å². The molecule has 4 heteroatoms. The van der Waals surface area contributed by atoms with Crippen molar-refractivity contribution in [2.45, 2.75) is 13.0 Å². The van der Waals surface area contributed by atoms with Gasteiger partial charge >= 0.3 is 0 Å². The summed E-state index contributed by atoms with van der Waals surface area (Å²) in [4.78, 5) is 0. The molecule has 0 bridgehead atoms. The SMILES string of the molecule is CC(Nc1ccc(Cl)cc1C#N)c1ccccc1Cl. The molecule has 0 saturated heterocycles. The van der Waals surface area contributed by atoms with Gasteiger partial charge in [-0.15, -0.1) is 0 Å². The topological polar surface area (TPSA) is 35.8 Å². The molecule has 0 heterocycles. The molecule has 2 aromatic carbocycles. The number of benzene rings is 2. The molecule has 0 amide bonds. The van der Waals surface area contributed by atoms with Gasteiger partial charge in [0.25, 0.3) is 0 Å². The van der Waals surface area contributed by atoms with E-state index in [1.54, 1.807) is 18.2 Å².